The number of rotatable bonds is 6. The van der Waals surface area contributed by atoms with Crippen LogP contribution in [0, 0.1) is 0 Å². The standard InChI is InChI=1S/C22H22F3N5O2S/c1-3-6-17-27-28-21-30(17)29-18(13-9-11-14(32-2)12-10-13)19(33-21)20(31)26-16-8-5-4-7-15(16)22(23,24)25/h4-5,7-12,18-19,29H,3,6H2,1-2H3,(H,26,31)/t18-,19-/m1/s1. The molecule has 7 nitrogen and oxygen atoms in total. The van der Waals surface area contributed by atoms with Crippen molar-refractivity contribution < 1.29 is 22.7 Å². The van der Waals surface area contributed by atoms with Crippen LogP contribution in [0.15, 0.2) is 53.7 Å². The third-order valence-corrected chi connectivity index (χ3v) is 6.42. The second kappa shape index (κ2) is 9.34. The number of amides is 1. The van der Waals surface area contributed by atoms with Crippen molar-refractivity contribution in [2.45, 2.75) is 42.4 Å². The summed E-state index contributed by atoms with van der Waals surface area (Å²) in [5, 5.41) is 10.5. The van der Waals surface area contributed by atoms with Gasteiger partial charge in [-0.25, -0.2) is 4.68 Å². The lowest BCUT2D eigenvalue weighted by molar-refractivity contribution is -0.137. The molecular weight excluding hydrogens is 455 g/mol. The van der Waals surface area contributed by atoms with Crippen LogP contribution >= 0.6 is 11.8 Å². The first-order valence-electron chi connectivity index (χ1n) is 10.3. The number of thioether (sulfide) groups is 1. The summed E-state index contributed by atoms with van der Waals surface area (Å²) in [6.45, 7) is 2.02. The Morgan fingerprint density at radius 1 is 1.18 bits per heavy atom. The number of hydrogen-bond donors (Lipinski definition) is 2. The molecular formula is C22H22F3N5O2S. The van der Waals surface area contributed by atoms with Crippen molar-refractivity contribution in [3.63, 3.8) is 0 Å². The van der Waals surface area contributed by atoms with Gasteiger partial charge in [0.05, 0.1) is 24.4 Å². The van der Waals surface area contributed by atoms with Crippen LogP contribution in [0.25, 0.3) is 0 Å². The molecule has 0 bridgehead atoms. The minimum atomic E-state index is -4.59. The van der Waals surface area contributed by atoms with Crippen LogP contribution in [0.2, 0.25) is 0 Å². The van der Waals surface area contributed by atoms with Crippen molar-refractivity contribution >= 4 is 23.4 Å². The Labute approximate surface area is 192 Å². The van der Waals surface area contributed by atoms with Crippen molar-refractivity contribution in [2.24, 2.45) is 0 Å². The van der Waals surface area contributed by atoms with E-state index in [0.717, 1.165) is 35.6 Å². The molecule has 1 aliphatic rings. The van der Waals surface area contributed by atoms with E-state index in [1.54, 1.807) is 23.9 Å². The van der Waals surface area contributed by atoms with E-state index < -0.39 is 28.9 Å². The molecule has 1 amide bonds. The van der Waals surface area contributed by atoms with E-state index in [1.807, 2.05) is 19.1 Å². The van der Waals surface area contributed by atoms with Gasteiger partial charge in [-0.2, -0.15) is 13.2 Å². The highest BCUT2D eigenvalue weighted by molar-refractivity contribution is 8.00. The molecule has 3 aromatic rings. The summed E-state index contributed by atoms with van der Waals surface area (Å²) >= 11 is 1.16. The molecule has 0 radical (unpaired) electrons. The number of alkyl halides is 3. The third kappa shape index (κ3) is 4.77. The maximum Gasteiger partial charge on any atom is 0.418 e. The zero-order valence-electron chi connectivity index (χ0n) is 17.9. The van der Waals surface area contributed by atoms with Gasteiger partial charge >= 0.3 is 6.18 Å². The molecule has 1 aromatic heterocycles. The van der Waals surface area contributed by atoms with Gasteiger partial charge in [-0.1, -0.05) is 43.0 Å². The lowest BCUT2D eigenvalue weighted by Gasteiger charge is -2.33. The molecule has 11 heteroatoms. The first-order valence-corrected chi connectivity index (χ1v) is 11.2. The lowest BCUT2D eigenvalue weighted by Crippen LogP contribution is -2.41. The summed E-state index contributed by atoms with van der Waals surface area (Å²) in [5.41, 5.74) is 2.87. The smallest absolute Gasteiger partial charge is 0.418 e. The number of carbonyl (C=O) groups excluding carboxylic acids is 1. The zero-order valence-corrected chi connectivity index (χ0v) is 18.7. The van der Waals surface area contributed by atoms with Gasteiger partial charge in [0.1, 0.15) is 11.0 Å². The number of aromatic nitrogens is 3. The van der Waals surface area contributed by atoms with Crippen molar-refractivity contribution in [2.75, 3.05) is 17.9 Å². The van der Waals surface area contributed by atoms with Crippen LogP contribution in [-0.4, -0.2) is 33.1 Å². The average molecular weight is 478 g/mol. The highest BCUT2D eigenvalue weighted by atomic mass is 32.2. The number of carbonyl (C=O) groups is 1. The van der Waals surface area contributed by atoms with Gasteiger partial charge in [0.25, 0.3) is 0 Å². The number of nitrogens with zero attached hydrogens (tertiary/aromatic N) is 3. The Kier molecular flexibility index (Phi) is 6.50. The minimum Gasteiger partial charge on any atom is -0.497 e. The summed E-state index contributed by atoms with van der Waals surface area (Å²) in [6.07, 6.45) is -3.05. The van der Waals surface area contributed by atoms with E-state index >= 15 is 0 Å². The van der Waals surface area contributed by atoms with E-state index in [9.17, 15) is 18.0 Å². The van der Waals surface area contributed by atoms with Gasteiger partial charge in [0.2, 0.25) is 11.1 Å². The molecule has 2 atom stereocenters. The molecule has 1 aliphatic heterocycles. The molecule has 0 saturated heterocycles. The van der Waals surface area contributed by atoms with Gasteiger partial charge in [-0.15, -0.1) is 10.2 Å². The van der Waals surface area contributed by atoms with Crippen LogP contribution in [-0.2, 0) is 17.4 Å². The van der Waals surface area contributed by atoms with Crippen LogP contribution < -0.4 is 15.5 Å². The summed E-state index contributed by atoms with van der Waals surface area (Å²) in [4.78, 5) is 13.3. The van der Waals surface area contributed by atoms with Gasteiger partial charge in [0, 0.05) is 6.42 Å². The predicted molar refractivity (Wildman–Crippen MR) is 119 cm³/mol. The largest absolute Gasteiger partial charge is 0.497 e. The highest BCUT2D eigenvalue weighted by Crippen LogP contribution is 2.39. The fourth-order valence-electron chi connectivity index (χ4n) is 3.59. The van der Waals surface area contributed by atoms with E-state index in [4.69, 9.17) is 4.74 Å². The molecule has 174 valence electrons. The van der Waals surface area contributed by atoms with Crippen LogP contribution in [0.3, 0.4) is 0 Å². The minimum absolute atomic E-state index is 0.289. The summed E-state index contributed by atoms with van der Waals surface area (Å²) in [7, 11) is 1.55. The van der Waals surface area contributed by atoms with Crippen molar-refractivity contribution in [3.8, 4) is 5.75 Å². The average Bonchev–Trinajstić information content (AvgIpc) is 3.20. The maximum absolute atomic E-state index is 13.4. The van der Waals surface area contributed by atoms with Crippen molar-refractivity contribution in [1.29, 1.82) is 0 Å². The van der Waals surface area contributed by atoms with E-state index in [-0.39, 0.29) is 5.69 Å². The van der Waals surface area contributed by atoms with Crippen LogP contribution in [0.4, 0.5) is 18.9 Å². The molecule has 2 heterocycles. The molecule has 0 fully saturated rings. The summed E-state index contributed by atoms with van der Waals surface area (Å²) in [5.74, 6) is 0.801. The topological polar surface area (TPSA) is 81.1 Å². The molecule has 4 rings (SSSR count). The molecule has 0 saturated carbocycles. The Balaban J connectivity index is 1.68. The number of anilines is 1. The van der Waals surface area contributed by atoms with E-state index in [2.05, 4.69) is 20.9 Å². The summed E-state index contributed by atoms with van der Waals surface area (Å²) in [6, 6.07) is 11.5. The van der Waals surface area contributed by atoms with Gasteiger partial charge < -0.3 is 15.5 Å². The Morgan fingerprint density at radius 3 is 2.58 bits per heavy atom. The molecule has 2 N–H and O–H groups in total. The Morgan fingerprint density at radius 2 is 1.91 bits per heavy atom. The van der Waals surface area contributed by atoms with Crippen LogP contribution in [0.1, 0.15) is 36.3 Å². The molecule has 0 unspecified atom stereocenters. The van der Waals surface area contributed by atoms with Crippen molar-refractivity contribution in [1.82, 2.24) is 14.9 Å². The monoisotopic (exact) mass is 477 g/mol. The molecule has 2 aromatic carbocycles. The first-order chi connectivity index (χ1) is 15.8. The normalized spacial score (nSPS) is 17.7. The van der Waals surface area contributed by atoms with Crippen LogP contribution in [0.5, 0.6) is 5.75 Å². The number of methoxy groups -OCH3 is 1. The second-order valence-electron chi connectivity index (χ2n) is 7.44. The number of aryl methyl sites for hydroxylation is 1. The highest BCUT2D eigenvalue weighted by Gasteiger charge is 2.39. The number of fused-ring (bicyclic) bond motifs is 1. The quantitative estimate of drug-likeness (QED) is 0.538. The number of nitrogens with one attached hydrogen (secondary N) is 2. The van der Waals surface area contributed by atoms with Crippen molar-refractivity contribution in [3.05, 3.63) is 65.5 Å². The maximum atomic E-state index is 13.4. The predicted octanol–water partition coefficient (Wildman–Crippen LogP) is 4.66. The summed E-state index contributed by atoms with van der Waals surface area (Å²) < 4.78 is 47.2. The number of para-hydroxylation sites is 1. The number of halogens is 3. The number of hydrogen-bond acceptors (Lipinski definition) is 6. The van der Waals surface area contributed by atoms with E-state index in [0.29, 0.717) is 17.3 Å². The lowest BCUT2D eigenvalue weighted by atomic mass is 10.0. The second-order valence-corrected chi connectivity index (χ2v) is 8.54. The molecule has 33 heavy (non-hydrogen) atoms. The molecule has 0 aliphatic carbocycles. The number of ether oxygens (including phenoxy) is 1. The zero-order chi connectivity index (χ0) is 23.6. The fourth-order valence-corrected chi connectivity index (χ4v) is 4.69. The van der Waals surface area contributed by atoms with Gasteiger partial charge in [-0.05, 0) is 36.2 Å². The fraction of sp³-hybridized carbons (Fsp3) is 0.318. The molecule has 0 spiro atoms. The number of benzene rings is 2. The van der Waals surface area contributed by atoms with E-state index in [1.165, 1.54) is 18.2 Å². The first kappa shape index (κ1) is 23.0. The SMILES string of the molecule is CCCc1nnc2n1N[C@H](c1ccc(OC)cc1)[C@H](C(=O)Nc1ccccc1C(F)(F)F)S2. The van der Waals surface area contributed by atoms with Gasteiger partial charge in [0.15, 0.2) is 5.82 Å². The van der Waals surface area contributed by atoms with Gasteiger partial charge in [-0.3, -0.25) is 4.79 Å². The third-order valence-electron chi connectivity index (χ3n) is 5.20. The Hall–Kier alpha value is -3.21. The Bertz CT molecular complexity index is 1130.